The van der Waals surface area contributed by atoms with E-state index in [0.29, 0.717) is 5.89 Å². The third-order valence-corrected chi connectivity index (χ3v) is 2.48. The van der Waals surface area contributed by atoms with Crippen molar-refractivity contribution in [2.24, 2.45) is 7.05 Å². The van der Waals surface area contributed by atoms with Gasteiger partial charge in [0.05, 0.1) is 0 Å². The summed E-state index contributed by atoms with van der Waals surface area (Å²) in [5.41, 5.74) is 2.54. The number of benzene rings is 1. The van der Waals surface area contributed by atoms with Crippen molar-refractivity contribution in [2.75, 3.05) is 0 Å². The molecule has 0 radical (unpaired) electrons. The van der Waals surface area contributed by atoms with Crippen LogP contribution in [0.25, 0.3) is 22.5 Å². The number of nitrogens with zero attached hydrogens (tertiary/aromatic N) is 4. The van der Waals surface area contributed by atoms with E-state index in [1.165, 1.54) is 0 Å². The molecule has 0 saturated heterocycles. The minimum atomic E-state index is 0.657. The van der Waals surface area contributed by atoms with Crippen LogP contribution in [0.1, 0.15) is 5.89 Å². The standard InChI is InChI=1S/C11H10N4O/c1-7-13-10-8(4-3-5-9(10)16-7)11-14-12-6-15(11)2/h3-6H,1-2H3. The molecule has 0 amide bonds. The number of hydrogen-bond donors (Lipinski definition) is 0. The molecule has 2 aromatic heterocycles. The van der Waals surface area contributed by atoms with E-state index in [4.69, 9.17) is 4.42 Å². The predicted octanol–water partition coefficient (Wildman–Crippen LogP) is 1.93. The maximum Gasteiger partial charge on any atom is 0.192 e. The highest BCUT2D eigenvalue weighted by molar-refractivity contribution is 5.88. The Labute approximate surface area is 91.7 Å². The lowest BCUT2D eigenvalue weighted by Crippen LogP contribution is -1.91. The topological polar surface area (TPSA) is 56.7 Å². The second-order valence-corrected chi connectivity index (χ2v) is 3.65. The Bertz CT molecular complexity index is 653. The molecule has 0 aliphatic rings. The first-order valence-electron chi connectivity index (χ1n) is 4.96. The highest BCUT2D eigenvalue weighted by Gasteiger charge is 2.12. The third kappa shape index (κ3) is 1.21. The fourth-order valence-corrected chi connectivity index (χ4v) is 1.77. The second kappa shape index (κ2) is 3.16. The van der Waals surface area contributed by atoms with Crippen LogP contribution in [0.3, 0.4) is 0 Å². The van der Waals surface area contributed by atoms with Gasteiger partial charge >= 0.3 is 0 Å². The fraction of sp³-hybridized carbons (Fsp3) is 0.182. The summed E-state index contributed by atoms with van der Waals surface area (Å²) >= 11 is 0. The molecule has 5 heteroatoms. The van der Waals surface area contributed by atoms with Gasteiger partial charge < -0.3 is 8.98 Å². The summed E-state index contributed by atoms with van der Waals surface area (Å²) in [4.78, 5) is 4.36. The highest BCUT2D eigenvalue weighted by atomic mass is 16.3. The zero-order valence-electron chi connectivity index (χ0n) is 9.01. The number of oxazole rings is 1. The lowest BCUT2D eigenvalue weighted by atomic mass is 10.2. The van der Waals surface area contributed by atoms with Crippen LogP contribution in [-0.4, -0.2) is 19.7 Å². The largest absolute Gasteiger partial charge is 0.441 e. The summed E-state index contributed by atoms with van der Waals surface area (Å²) in [6.45, 7) is 1.83. The Balaban J connectivity index is 2.35. The lowest BCUT2D eigenvalue weighted by molar-refractivity contribution is 0.561. The summed E-state index contributed by atoms with van der Waals surface area (Å²) in [7, 11) is 1.90. The van der Waals surface area contributed by atoms with Gasteiger partial charge in [-0.25, -0.2) is 4.98 Å². The van der Waals surface area contributed by atoms with Crippen LogP contribution in [0.5, 0.6) is 0 Å². The van der Waals surface area contributed by atoms with E-state index in [2.05, 4.69) is 15.2 Å². The molecule has 5 nitrogen and oxygen atoms in total. The van der Waals surface area contributed by atoms with Gasteiger partial charge in [-0.05, 0) is 12.1 Å². The molecule has 0 spiro atoms. The van der Waals surface area contributed by atoms with Crippen molar-refractivity contribution in [3.8, 4) is 11.4 Å². The predicted molar refractivity (Wildman–Crippen MR) is 58.7 cm³/mol. The molecule has 0 aliphatic carbocycles. The van der Waals surface area contributed by atoms with Gasteiger partial charge in [-0.15, -0.1) is 10.2 Å². The number of hydrogen-bond acceptors (Lipinski definition) is 4. The molecule has 0 fully saturated rings. The molecular weight excluding hydrogens is 204 g/mol. The van der Waals surface area contributed by atoms with Crippen LogP contribution in [0.2, 0.25) is 0 Å². The van der Waals surface area contributed by atoms with E-state index in [-0.39, 0.29) is 0 Å². The van der Waals surface area contributed by atoms with Crippen molar-refractivity contribution in [3.63, 3.8) is 0 Å². The average Bonchev–Trinajstić information content (AvgIpc) is 2.82. The van der Waals surface area contributed by atoms with Gasteiger partial charge in [-0.2, -0.15) is 0 Å². The van der Waals surface area contributed by atoms with Gasteiger partial charge in [0.15, 0.2) is 17.3 Å². The van der Waals surface area contributed by atoms with Crippen molar-refractivity contribution in [2.45, 2.75) is 6.92 Å². The summed E-state index contributed by atoms with van der Waals surface area (Å²) in [6, 6.07) is 5.79. The molecule has 0 bridgehead atoms. The first kappa shape index (κ1) is 9.08. The third-order valence-electron chi connectivity index (χ3n) is 2.48. The number of rotatable bonds is 1. The van der Waals surface area contributed by atoms with Crippen molar-refractivity contribution < 1.29 is 4.42 Å². The SMILES string of the molecule is Cc1nc2c(-c3nncn3C)cccc2o1. The van der Waals surface area contributed by atoms with Crippen LogP contribution >= 0.6 is 0 Å². The van der Waals surface area contributed by atoms with Gasteiger partial charge in [0.2, 0.25) is 0 Å². The van der Waals surface area contributed by atoms with Crippen LogP contribution in [-0.2, 0) is 7.05 Å². The molecule has 0 unspecified atom stereocenters. The zero-order chi connectivity index (χ0) is 11.1. The van der Waals surface area contributed by atoms with Gasteiger partial charge in [-0.1, -0.05) is 6.07 Å². The quantitative estimate of drug-likeness (QED) is 0.621. The first-order chi connectivity index (χ1) is 7.75. The summed E-state index contributed by atoms with van der Waals surface area (Å²) < 4.78 is 7.34. The van der Waals surface area contributed by atoms with Crippen molar-refractivity contribution in [1.82, 2.24) is 19.7 Å². The molecular formula is C11H10N4O. The Morgan fingerprint density at radius 2 is 2.19 bits per heavy atom. The van der Waals surface area contributed by atoms with Crippen LogP contribution in [0, 0.1) is 6.92 Å². The number of aryl methyl sites for hydroxylation is 2. The smallest absolute Gasteiger partial charge is 0.192 e. The summed E-state index contributed by atoms with van der Waals surface area (Å²) in [5.74, 6) is 1.45. The first-order valence-corrected chi connectivity index (χ1v) is 4.96. The average molecular weight is 214 g/mol. The van der Waals surface area contributed by atoms with Crippen LogP contribution in [0.4, 0.5) is 0 Å². The van der Waals surface area contributed by atoms with Gasteiger partial charge in [0.25, 0.3) is 0 Å². The van der Waals surface area contributed by atoms with Gasteiger partial charge in [0.1, 0.15) is 11.8 Å². The Morgan fingerprint density at radius 1 is 1.31 bits per heavy atom. The summed E-state index contributed by atoms with van der Waals surface area (Å²) in [5, 5.41) is 7.94. The fourth-order valence-electron chi connectivity index (χ4n) is 1.77. The minimum absolute atomic E-state index is 0.657. The molecule has 16 heavy (non-hydrogen) atoms. The van der Waals surface area contributed by atoms with Crippen molar-refractivity contribution >= 4 is 11.1 Å². The van der Waals surface area contributed by atoms with Crippen LogP contribution < -0.4 is 0 Å². The van der Waals surface area contributed by atoms with E-state index < -0.39 is 0 Å². The number of para-hydroxylation sites is 1. The summed E-state index contributed by atoms with van der Waals surface area (Å²) in [6.07, 6.45) is 1.67. The van der Waals surface area contributed by atoms with E-state index in [0.717, 1.165) is 22.5 Å². The molecule has 0 atom stereocenters. The van der Waals surface area contributed by atoms with Crippen LogP contribution in [0.15, 0.2) is 28.9 Å². The van der Waals surface area contributed by atoms with Crippen molar-refractivity contribution in [3.05, 3.63) is 30.4 Å². The molecule has 0 saturated carbocycles. The Morgan fingerprint density at radius 3 is 2.94 bits per heavy atom. The number of aromatic nitrogens is 4. The number of fused-ring (bicyclic) bond motifs is 1. The normalized spacial score (nSPS) is 11.1. The van der Waals surface area contributed by atoms with Gasteiger partial charge in [-0.3, -0.25) is 0 Å². The zero-order valence-corrected chi connectivity index (χ0v) is 9.01. The van der Waals surface area contributed by atoms with E-state index in [1.54, 1.807) is 6.33 Å². The Hall–Kier alpha value is -2.17. The second-order valence-electron chi connectivity index (χ2n) is 3.65. The minimum Gasteiger partial charge on any atom is -0.441 e. The lowest BCUT2D eigenvalue weighted by Gasteiger charge is -1.99. The molecule has 1 aromatic carbocycles. The molecule has 80 valence electrons. The van der Waals surface area contributed by atoms with E-state index in [1.807, 2.05) is 36.7 Å². The molecule has 0 aliphatic heterocycles. The molecule has 2 heterocycles. The molecule has 3 aromatic rings. The monoisotopic (exact) mass is 214 g/mol. The van der Waals surface area contributed by atoms with E-state index in [9.17, 15) is 0 Å². The van der Waals surface area contributed by atoms with E-state index >= 15 is 0 Å². The maximum atomic E-state index is 5.48. The highest BCUT2D eigenvalue weighted by Crippen LogP contribution is 2.26. The molecule has 0 N–H and O–H groups in total. The van der Waals surface area contributed by atoms with Crippen molar-refractivity contribution in [1.29, 1.82) is 0 Å². The maximum absolute atomic E-state index is 5.48. The molecule has 3 rings (SSSR count). The van der Waals surface area contributed by atoms with Gasteiger partial charge in [0, 0.05) is 19.5 Å². The Kier molecular flexibility index (Phi) is 1.80.